The molecule has 0 bridgehead atoms. The summed E-state index contributed by atoms with van der Waals surface area (Å²) in [5.41, 5.74) is 2.17. The fourth-order valence-corrected chi connectivity index (χ4v) is 3.83. The van der Waals surface area contributed by atoms with Gasteiger partial charge in [-0.2, -0.15) is 0 Å². The standard InChI is InChI=1S/C25H18Cl2N2O4/c1-15-6-2-4-8-21(15)29-24(31)19(23(30)28-25(29)32)12-16-7-3-5-9-22(16)33-14-17-10-11-18(26)13-20(17)27/h2-13H,14H2,1H3,(H,28,30,32)/b19-12+. The lowest BCUT2D eigenvalue weighted by atomic mass is 10.1. The SMILES string of the molecule is Cc1ccccc1N1C(=O)NC(=O)/C(=C\c2ccccc2OCc2ccc(Cl)cc2Cl)C1=O. The average molecular weight is 481 g/mol. The number of aryl methyl sites for hydroxylation is 1. The highest BCUT2D eigenvalue weighted by Crippen LogP contribution is 2.28. The third kappa shape index (κ3) is 4.77. The molecule has 6 nitrogen and oxygen atoms in total. The maximum atomic E-state index is 13.2. The highest BCUT2D eigenvalue weighted by Gasteiger charge is 2.37. The van der Waals surface area contributed by atoms with Crippen molar-refractivity contribution >= 4 is 52.8 Å². The molecule has 8 heteroatoms. The zero-order chi connectivity index (χ0) is 23.5. The van der Waals surface area contributed by atoms with Gasteiger partial charge in [-0.05, 0) is 42.8 Å². The number of barbiturate groups is 1. The smallest absolute Gasteiger partial charge is 0.335 e. The number of urea groups is 1. The molecule has 1 aliphatic heterocycles. The first-order valence-electron chi connectivity index (χ1n) is 9.98. The van der Waals surface area contributed by atoms with E-state index in [-0.39, 0.29) is 12.2 Å². The molecule has 1 aliphatic rings. The van der Waals surface area contributed by atoms with Crippen molar-refractivity contribution in [3.63, 3.8) is 0 Å². The van der Waals surface area contributed by atoms with Crippen LogP contribution in [0.2, 0.25) is 10.0 Å². The third-order valence-electron chi connectivity index (χ3n) is 5.08. The predicted molar refractivity (Wildman–Crippen MR) is 127 cm³/mol. The Kier molecular flexibility index (Phi) is 6.49. The van der Waals surface area contributed by atoms with E-state index in [0.29, 0.717) is 27.0 Å². The van der Waals surface area contributed by atoms with Crippen molar-refractivity contribution < 1.29 is 19.1 Å². The van der Waals surface area contributed by atoms with Gasteiger partial charge in [0.1, 0.15) is 17.9 Å². The minimum atomic E-state index is -0.793. The summed E-state index contributed by atoms with van der Waals surface area (Å²) in [5.74, 6) is -1.05. The summed E-state index contributed by atoms with van der Waals surface area (Å²) >= 11 is 12.2. The Morgan fingerprint density at radius 2 is 1.70 bits per heavy atom. The van der Waals surface area contributed by atoms with Crippen LogP contribution in [0.15, 0.2) is 72.3 Å². The highest BCUT2D eigenvalue weighted by atomic mass is 35.5. The summed E-state index contributed by atoms with van der Waals surface area (Å²) in [7, 11) is 0. The van der Waals surface area contributed by atoms with Crippen molar-refractivity contribution in [2.24, 2.45) is 0 Å². The van der Waals surface area contributed by atoms with Gasteiger partial charge in [0.2, 0.25) is 0 Å². The van der Waals surface area contributed by atoms with Crippen LogP contribution in [0.3, 0.4) is 0 Å². The maximum absolute atomic E-state index is 13.2. The van der Waals surface area contributed by atoms with Crippen molar-refractivity contribution in [1.82, 2.24) is 5.32 Å². The van der Waals surface area contributed by atoms with Crippen molar-refractivity contribution in [3.05, 3.63) is 99.0 Å². The Balaban J connectivity index is 1.65. The molecule has 0 aromatic heterocycles. The van der Waals surface area contributed by atoms with Gasteiger partial charge in [0.05, 0.1) is 5.69 Å². The molecule has 1 N–H and O–H groups in total. The lowest BCUT2D eigenvalue weighted by molar-refractivity contribution is -0.122. The van der Waals surface area contributed by atoms with Gasteiger partial charge in [0.25, 0.3) is 11.8 Å². The number of anilines is 1. The summed E-state index contributed by atoms with van der Waals surface area (Å²) < 4.78 is 5.91. The molecule has 0 radical (unpaired) electrons. The molecule has 33 heavy (non-hydrogen) atoms. The van der Waals surface area contributed by atoms with Gasteiger partial charge in [0, 0.05) is 21.2 Å². The highest BCUT2D eigenvalue weighted by molar-refractivity contribution is 6.39. The Morgan fingerprint density at radius 3 is 2.45 bits per heavy atom. The lowest BCUT2D eigenvalue weighted by Crippen LogP contribution is -2.54. The van der Waals surface area contributed by atoms with E-state index in [0.717, 1.165) is 16.0 Å². The molecule has 0 aliphatic carbocycles. The number of imide groups is 2. The second-order valence-electron chi connectivity index (χ2n) is 7.31. The van der Waals surface area contributed by atoms with E-state index in [4.69, 9.17) is 27.9 Å². The fraction of sp³-hybridized carbons (Fsp3) is 0.0800. The van der Waals surface area contributed by atoms with Crippen LogP contribution in [0.25, 0.3) is 6.08 Å². The topological polar surface area (TPSA) is 75.7 Å². The molecule has 3 aromatic carbocycles. The van der Waals surface area contributed by atoms with E-state index in [9.17, 15) is 14.4 Å². The summed E-state index contributed by atoms with van der Waals surface area (Å²) in [5, 5.41) is 3.22. The van der Waals surface area contributed by atoms with Crippen molar-refractivity contribution in [2.45, 2.75) is 13.5 Å². The molecule has 166 valence electrons. The van der Waals surface area contributed by atoms with Crippen LogP contribution in [0.4, 0.5) is 10.5 Å². The first kappa shape index (κ1) is 22.6. The number of amides is 4. The molecular formula is C25H18Cl2N2O4. The average Bonchev–Trinajstić information content (AvgIpc) is 2.78. The Labute approximate surface area is 200 Å². The molecule has 0 spiro atoms. The summed E-state index contributed by atoms with van der Waals surface area (Å²) in [4.78, 5) is 39.1. The molecule has 3 aromatic rings. The summed E-state index contributed by atoms with van der Waals surface area (Å²) in [6, 6.07) is 18.2. The van der Waals surface area contributed by atoms with Crippen LogP contribution in [0, 0.1) is 6.92 Å². The Bertz CT molecular complexity index is 1300. The Morgan fingerprint density at radius 1 is 0.970 bits per heavy atom. The van der Waals surface area contributed by atoms with Gasteiger partial charge in [-0.3, -0.25) is 14.9 Å². The second kappa shape index (κ2) is 9.48. The van der Waals surface area contributed by atoms with E-state index in [2.05, 4.69) is 5.32 Å². The fourth-order valence-electron chi connectivity index (χ4n) is 3.37. The zero-order valence-corrected chi connectivity index (χ0v) is 19.0. The van der Waals surface area contributed by atoms with Gasteiger partial charge in [-0.25, -0.2) is 9.69 Å². The number of ether oxygens (including phenoxy) is 1. The number of halogens is 2. The number of hydrogen-bond acceptors (Lipinski definition) is 4. The first-order valence-corrected chi connectivity index (χ1v) is 10.7. The van der Waals surface area contributed by atoms with Crippen LogP contribution in [0.5, 0.6) is 5.75 Å². The van der Waals surface area contributed by atoms with Crippen molar-refractivity contribution in [1.29, 1.82) is 0 Å². The van der Waals surface area contributed by atoms with E-state index < -0.39 is 17.8 Å². The van der Waals surface area contributed by atoms with E-state index in [1.54, 1.807) is 73.7 Å². The van der Waals surface area contributed by atoms with Crippen LogP contribution < -0.4 is 15.0 Å². The number of carbonyl (C=O) groups excluding carboxylic acids is 3. The predicted octanol–water partition coefficient (Wildman–Crippen LogP) is 5.55. The van der Waals surface area contributed by atoms with Gasteiger partial charge >= 0.3 is 6.03 Å². The van der Waals surface area contributed by atoms with Gasteiger partial charge in [0.15, 0.2) is 0 Å². The largest absolute Gasteiger partial charge is 0.488 e. The number of benzene rings is 3. The number of hydrogen-bond donors (Lipinski definition) is 1. The molecule has 1 heterocycles. The second-order valence-corrected chi connectivity index (χ2v) is 8.15. The van der Waals surface area contributed by atoms with Gasteiger partial charge in [-0.1, -0.05) is 65.7 Å². The molecule has 1 fully saturated rings. The van der Waals surface area contributed by atoms with Crippen LogP contribution >= 0.6 is 23.2 Å². The first-order chi connectivity index (χ1) is 15.8. The summed E-state index contributed by atoms with van der Waals surface area (Å²) in [6.45, 7) is 1.94. The molecule has 4 amide bonds. The van der Waals surface area contributed by atoms with Crippen molar-refractivity contribution in [2.75, 3.05) is 4.90 Å². The summed E-state index contributed by atoms with van der Waals surface area (Å²) in [6.07, 6.45) is 1.41. The molecular weight excluding hydrogens is 463 g/mol. The normalized spacial score (nSPS) is 15.1. The number of rotatable bonds is 5. The third-order valence-corrected chi connectivity index (χ3v) is 5.66. The van der Waals surface area contributed by atoms with Crippen LogP contribution in [-0.4, -0.2) is 17.8 Å². The molecule has 4 rings (SSSR count). The van der Waals surface area contributed by atoms with E-state index >= 15 is 0 Å². The number of nitrogens with zero attached hydrogens (tertiary/aromatic N) is 1. The number of carbonyl (C=O) groups is 3. The number of para-hydroxylation sites is 2. The van der Waals surface area contributed by atoms with Crippen LogP contribution in [0.1, 0.15) is 16.7 Å². The van der Waals surface area contributed by atoms with E-state index in [1.165, 1.54) is 6.08 Å². The molecule has 0 atom stereocenters. The van der Waals surface area contributed by atoms with Crippen LogP contribution in [-0.2, 0) is 16.2 Å². The zero-order valence-electron chi connectivity index (χ0n) is 17.5. The quantitative estimate of drug-likeness (QED) is 0.383. The van der Waals surface area contributed by atoms with E-state index in [1.807, 2.05) is 0 Å². The monoisotopic (exact) mass is 480 g/mol. The number of nitrogens with one attached hydrogen (secondary N) is 1. The van der Waals surface area contributed by atoms with Gasteiger partial charge in [-0.15, -0.1) is 0 Å². The lowest BCUT2D eigenvalue weighted by Gasteiger charge is -2.27. The maximum Gasteiger partial charge on any atom is 0.335 e. The molecule has 0 unspecified atom stereocenters. The van der Waals surface area contributed by atoms with Crippen molar-refractivity contribution in [3.8, 4) is 5.75 Å². The molecule has 1 saturated heterocycles. The Hall–Kier alpha value is -3.61. The minimum Gasteiger partial charge on any atom is -0.488 e. The minimum absolute atomic E-state index is 0.157. The van der Waals surface area contributed by atoms with Gasteiger partial charge < -0.3 is 4.74 Å². The molecule has 0 saturated carbocycles.